The number of fused-ring (bicyclic) bond motifs is 1. The molecule has 2 aromatic carbocycles. The molecule has 2 N–H and O–H groups in total. The lowest BCUT2D eigenvalue weighted by molar-refractivity contribution is -0.127. The zero-order chi connectivity index (χ0) is 19.2. The lowest BCUT2D eigenvalue weighted by Gasteiger charge is -2.09. The number of para-hydroxylation sites is 1. The summed E-state index contributed by atoms with van der Waals surface area (Å²) in [6.45, 7) is 0. The van der Waals surface area contributed by atoms with Gasteiger partial charge in [-0.15, -0.1) is 11.8 Å². The van der Waals surface area contributed by atoms with Gasteiger partial charge in [0.1, 0.15) is 5.82 Å². The van der Waals surface area contributed by atoms with Gasteiger partial charge in [-0.3, -0.25) is 25.4 Å². The number of carbonyl (C=O) groups is 2. The second-order valence-electron chi connectivity index (χ2n) is 5.59. The van der Waals surface area contributed by atoms with Crippen LogP contribution in [0.15, 0.2) is 59.6 Å². The number of rotatable bonds is 5. The molecule has 3 aromatic rings. The van der Waals surface area contributed by atoms with Gasteiger partial charge in [0.15, 0.2) is 0 Å². The van der Waals surface area contributed by atoms with Gasteiger partial charge >= 0.3 is 0 Å². The normalized spacial score (nSPS) is 10.6. The Morgan fingerprint density at radius 1 is 1.04 bits per heavy atom. The number of thioether (sulfide) groups is 1. The van der Waals surface area contributed by atoms with Gasteiger partial charge in [0.2, 0.25) is 11.8 Å². The van der Waals surface area contributed by atoms with E-state index in [0.29, 0.717) is 0 Å². The fourth-order valence-electron chi connectivity index (χ4n) is 2.42. The van der Waals surface area contributed by atoms with Crippen molar-refractivity contribution in [2.24, 2.45) is 0 Å². The van der Waals surface area contributed by atoms with Gasteiger partial charge < -0.3 is 0 Å². The molecule has 0 aliphatic heterocycles. The Kier molecular flexibility index (Phi) is 6.26. The fraction of sp³-hybridized carbons (Fsp3) is 0.105. The summed E-state index contributed by atoms with van der Waals surface area (Å²) in [5, 5.41) is 1.15. The molecule has 0 saturated heterocycles. The highest BCUT2D eigenvalue weighted by atomic mass is 35.5. The second kappa shape index (κ2) is 8.83. The van der Waals surface area contributed by atoms with Gasteiger partial charge in [0.05, 0.1) is 17.7 Å². The molecule has 2 amide bonds. The van der Waals surface area contributed by atoms with Crippen molar-refractivity contribution in [3.63, 3.8) is 0 Å². The molecule has 1 heterocycles. The van der Waals surface area contributed by atoms with E-state index in [1.165, 1.54) is 30.0 Å². The van der Waals surface area contributed by atoms with Crippen LogP contribution in [0.2, 0.25) is 5.02 Å². The molecule has 0 bridgehead atoms. The predicted octanol–water partition coefficient (Wildman–Crippen LogP) is 3.51. The van der Waals surface area contributed by atoms with Crippen LogP contribution in [0.1, 0.15) is 5.56 Å². The first-order valence-corrected chi connectivity index (χ1v) is 9.38. The Morgan fingerprint density at radius 2 is 1.78 bits per heavy atom. The molecule has 138 valence electrons. The van der Waals surface area contributed by atoms with Crippen LogP contribution in [0.5, 0.6) is 0 Å². The zero-order valence-electron chi connectivity index (χ0n) is 14.0. The first-order valence-electron chi connectivity index (χ1n) is 8.01. The van der Waals surface area contributed by atoms with Crippen LogP contribution in [0.25, 0.3) is 10.9 Å². The van der Waals surface area contributed by atoms with Gasteiger partial charge in [-0.2, -0.15) is 0 Å². The number of nitrogens with zero attached hydrogens (tertiary/aromatic N) is 1. The third-order valence-electron chi connectivity index (χ3n) is 3.69. The van der Waals surface area contributed by atoms with Gasteiger partial charge in [0.25, 0.3) is 0 Å². The number of aromatic nitrogens is 1. The van der Waals surface area contributed by atoms with E-state index in [4.69, 9.17) is 11.6 Å². The Morgan fingerprint density at radius 3 is 2.59 bits per heavy atom. The minimum absolute atomic E-state index is 0.0853. The maximum Gasteiger partial charge on any atom is 0.248 e. The molecule has 0 radical (unpaired) electrons. The van der Waals surface area contributed by atoms with Gasteiger partial charge in [-0.1, -0.05) is 35.9 Å². The summed E-state index contributed by atoms with van der Waals surface area (Å²) in [6.07, 6.45) is 1.42. The Balaban J connectivity index is 1.52. The van der Waals surface area contributed by atoms with E-state index in [-0.39, 0.29) is 28.7 Å². The molecule has 3 rings (SSSR count). The molecule has 0 aliphatic rings. The fourth-order valence-corrected chi connectivity index (χ4v) is 3.49. The smallest absolute Gasteiger partial charge is 0.248 e. The molecule has 0 atom stereocenters. The van der Waals surface area contributed by atoms with Gasteiger partial charge in [-0.05, 0) is 24.3 Å². The Bertz CT molecular complexity index is 974. The minimum atomic E-state index is -0.567. The first kappa shape index (κ1) is 19.1. The van der Waals surface area contributed by atoms with E-state index in [1.807, 2.05) is 30.3 Å². The van der Waals surface area contributed by atoms with Gasteiger partial charge in [0, 0.05) is 27.1 Å². The molecule has 8 heteroatoms. The van der Waals surface area contributed by atoms with Gasteiger partial charge in [-0.25, -0.2) is 4.39 Å². The Labute approximate surface area is 164 Å². The molecule has 0 fully saturated rings. The number of benzene rings is 2. The molecule has 0 aliphatic carbocycles. The number of hydrogen-bond donors (Lipinski definition) is 2. The topological polar surface area (TPSA) is 71.1 Å². The van der Waals surface area contributed by atoms with Crippen LogP contribution in [0, 0.1) is 5.82 Å². The summed E-state index contributed by atoms with van der Waals surface area (Å²) in [7, 11) is 0. The maximum absolute atomic E-state index is 13.7. The number of hydrogen-bond acceptors (Lipinski definition) is 4. The second-order valence-corrected chi connectivity index (χ2v) is 7.02. The lowest BCUT2D eigenvalue weighted by Crippen LogP contribution is -2.43. The molecular weight excluding hydrogens is 389 g/mol. The Hall–Kier alpha value is -2.64. The minimum Gasteiger partial charge on any atom is -0.273 e. The molecule has 0 saturated carbocycles. The van der Waals surface area contributed by atoms with Crippen LogP contribution in [0.3, 0.4) is 0 Å². The van der Waals surface area contributed by atoms with E-state index >= 15 is 0 Å². The summed E-state index contributed by atoms with van der Waals surface area (Å²) in [5.74, 6) is -1.42. The van der Waals surface area contributed by atoms with Crippen molar-refractivity contribution in [1.82, 2.24) is 15.8 Å². The van der Waals surface area contributed by atoms with E-state index in [1.54, 1.807) is 6.20 Å². The number of carbonyl (C=O) groups excluding carboxylic acids is 2. The number of amides is 2. The van der Waals surface area contributed by atoms with E-state index in [9.17, 15) is 14.0 Å². The summed E-state index contributed by atoms with van der Waals surface area (Å²) in [6, 6.07) is 13.7. The molecule has 0 spiro atoms. The summed E-state index contributed by atoms with van der Waals surface area (Å²) in [5.41, 5.74) is 5.48. The van der Waals surface area contributed by atoms with E-state index in [0.717, 1.165) is 15.8 Å². The van der Waals surface area contributed by atoms with Crippen LogP contribution in [-0.2, 0) is 16.0 Å². The third-order valence-corrected chi connectivity index (χ3v) is 5.10. The van der Waals surface area contributed by atoms with Crippen molar-refractivity contribution >= 4 is 46.1 Å². The molecule has 5 nitrogen and oxygen atoms in total. The molecule has 1 aromatic heterocycles. The SMILES string of the molecule is O=C(CSc1cccc2cccnc12)NNC(=O)Cc1c(F)cccc1Cl. The largest absolute Gasteiger partial charge is 0.273 e. The number of halogens is 2. The van der Waals surface area contributed by atoms with Crippen molar-refractivity contribution in [2.75, 3.05) is 5.75 Å². The van der Waals surface area contributed by atoms with E-state index in [2.05, 4.69) is 15.8 Å². The van der Waals surface area contributed by atoms with Crippen molar-refractivity contribution in [2.45, 2.75) is 11.3 Å². The highest BCUT2D eigenvalue weighted by Crippen LogP contribution is 2.25. The van der Waals surface area contributed by atoms with Crippen LogP contribution < -0.4 is 10.9 Å². The van der Waals surface area contributed by atoms with Crippen molar-refractivity contribution in [3.8, 4) is 0 Å². The van der Waals surface area contributed by atoms with Crippen LogP contribution in [-0.4, -0.2) is 22.6 Å². The first-order chi connectivity index (χ1) is 13.0. The molecule has 27 heavy (non-hydrogen) atoms. The maximum atomic E-state index is 13.7. The summed E-state index contributed by atoms with van der Waals surface area (Å²) in [4.78, 5) is 29.1. The standard InChI is InChI=1S/C19H15ClFN3O2S/c20-14-6-2-7-15(21)13(14)10-17(25)23-24-18(26)11-27-16-8-1-4-12-5-3-9-22-19(12)16/h1-9H,10-11H2,(H,23,25)(H,24,26). The van der Waals surface area contributed by atoms with Crippen molar-refractivity contribution in [1.29, 1.82) is 0 Å². The molecule has 0 unspecified atom stereocenters. The van der Waals surface area contributed by atoms with Crippen molar-refractivity contribution in [3.05, 3.63) is 71.1 Å². The number of hydrazine groups is 1. The number of pyridine rings is 1. The van der Waals surface area contributed by atoms with Crippen molar-refractivity contribution < 1.29 is 14.0 Å². The molecular formula is C19H15ClFN3O2S. The predicted molar refractivity (Wildman–Crippen MR) is 104 cm³/mol. The van der Waals surface area contributed by atoms with E-state index < -0.39 is 11.7 Å². The zero-order valence-corrected chi connectivity index (χ0v) is 15.6. The van der Waals surface area contributed by atoms with Crippen LogP contribution in [0.4, 0.5) is 4.39 Å². The summed E-state index contributed by atoms with van der Waals surface area (Å²) >= 11 is 7.20. The highest BCUT2D eigenvalue weighted by Gasteiger charge is 2.13. The average molecular weight is 404 g/mol. The quantitative estimate of drug-likeness (QED) is 0.505. The third kappa shape index (κ3) is 4.96. The van der Waals surface area contributed by atoms with Crippen LogP contribution >= 0.6 is 23.4 Å². The summed E-state index contributed by atoms with van der Waals surface area (Å²) < 4.78 is 13.7. The monoisotopic (exact) mass is 403 g/mol. The number of nitrogens with one attached hydrogen (secondary N) is 2. The highest BCUT2D eigenvalue weighted by molar-refractivity contribution is 8.00. The lowest BCUT2D eigenvalue weighted by atomic mass is 10.1. The average Bonchev–Trinajstić information content (AvgIpc) is 2.67.